The van der Waals surface area contributed by atoms with E-state index in [0.717, 1.165) is 13.2 Å². The molecule has 0 saturated carbocycles. The second kappa shape index (κ2) is 4.77. The molecule has 2 rings (SSSR count). The Labute approximate surface area is 80.4 Å². The normalized spacial score (nSPS) is 28.8. The molecule has 0 spiro atoms. The first-order valence-electron chi connectivity index (χ1n) is 5.45. The van der Waals surface area contributed by atoms with Crippen LogP contribution in [-0.4, -0.2) is 25.3 Å². The molecular formula is C11H19NO. The van der Waals surface area contributed by atoms with Crippen molar-refractivity contribution in [2.45, 2.75) is 44.2 Å². The van der Waals surface area contributed by atoms with Crippen LogP contribution in [0.4, 0.5) is 0 Å². The van der Waals surface area contributed by atoms with Gasteiger partial charge in [-0.05, 0) is 38.6 Å². The summed E-state index contributed by atoms with van der Waals surface area (Å²) in [6.07, 6.45) is 11.2. The summed E-state index contributed by atoms with van der Waals surface area (Å²) in [4.78, 5) is 0. The topological polar surface area (TPSA) is 21.3 Å². The molecule has 2 nitrogen and oxygen atoms in total. The van der Waals surface area contributed by atoms with Gasteiger partial charge in [-0.25, -0.2) is 0 Å². The van der Waals surface area contributed by atoms with E-state index in [1.807, 2.05) is 0 Å². The molecule has 1 heterocycles. The quantitative estimate of drug-likeness (QED) is 0.668. The largest absolute Gasteiger partial charge is 0.378 e. The zero-order chi connectivity index (χ0) is 8.93. The van der Waals surface area contributed by atoms with Gasteiger partial charge in [0.2, 0.25) is 0 Å². The highest BCUT2D eigenvalue weighted by Crippen LogP contribution is 2.15. The minimum Gasteiger partial charge on any atom is -0.378 e. The molecule has 1 atom stereocenters. The molecule has 1 fully saturated rings. The minimum atomic E-state index is 0.543. The lowest BCUT2D eigenvalue weighted by molar-refractivity contribution is 0.103. The molecule has 0 aromatic carbocycles. The number of ether oxygens (including phenoxy) is 1. The molecule has 2 aliphatic rings. The summed E-state index contributed by atoms with van der Waals surface area (Å²) in [5.74, 6) is 0. The van der Waals surface area contributed by atoms with E-state index in [0.29, 0.717) is 12.1 Å². The van der Waals surface area contributed by atoms with Crippen molar-refractivity contribution in [3.63, 3.8) is 0 Å². The van der Waals surface area contributed by atoms with Crippen LogP contribution in [0, 0.1) is 0 Å². The van der Waals surface area contributed by atoms with E-state index < -0.39 is 0 Å². The summed E-state index contributed by atoms with van der Waals surface area (Å²) in [5, 5.41) is 3.57. The predicted octanol–water partition coefficient (Wildman–Crippen LogP) is 1.86. The lowest BCUT2D eigenvalue weighted by Gasteiger charge is -2.14. The van der Waals surface area contributed by atoms with Gasteiger partial charge in [0.1, 0.15) is 0 Å². The second-order valence-corrected chi connectivity index (χ2v) is 4.02. The van der Waals surface area contributed by atoms with Gasteiger partial charge >= 0.3 is 0 Å². The van der Waals surface area contributed by atoms with Crippen LogP contribution in [-0.2, 0) is 4.74 Å². The van der Waals surface area contributed by atoms with E-state index in [2.05, 4.69) is 17.5 Å². The van der Waals surface area contributed by atoms with Gasteiger partial charge < -0.3 is 10.1 Å². The van der Waals surface area contributed by atoms with Crippen LogP contribution in [0.5, 0.6) is 0 Å². The summed E-state index contributed by atoms with van der Waals surface area (Å²) < 4.78 is 5.56. The maximum Gasteiger partial charge on any atom is 0.0588 e. The van der Waals surface area contributed by atoms with Crippen LogP contribution >= 0.6 is 0 Å². The van der Waals surface area contributed by atoms with Gasteiger partial charge in [0.05, 0.1) is 6.10 Å². The molecule has 2 heteroatoms. The summed E-state index contributed by atoms with van der Waals surface area (Å²) >= 11 is 0. The molecule has 0 aromatic rings. The van der Waals surface area contributed by atoms with Crippen molar-refractivity contribution >= 4 is 0 Å². The summed E-state index contributed by atoms with van der Waals surface area (Å²) in [6, 6.07) is 0.710. The molecule has 1 unspecified atom stereocenters. The van der Waals surface area contributed by atoms with Crippen LogP contribution in [0.1, 0.15) is 32.1 Å². The number of rotatable bonds is 4. The smallest absolute Gasteiger partial charge is 0.0588 e. The fourth-order valence-corrected chi connectivity index (χ4v) is 2.10. The first-order chi connectivity index (χ1) is 6.45. The first kappa shape index (κ1) is 9.22. The third-order valence-electron chi connectivity index (χ3n) is 2.93. The Bertz CT molecular complexity index is 163. The van der Waals surface area contributed by atoms with Crippen molar-refractivity contribution in [1.29, 1.82) is 0 Å². The Balaban J connectivity index is 1.53. The molecule has 1 aliphatic heterocycles. The summed E-state index contributed by atoms with van der Waals surface area (Å²) in [5.41, 5.74) is 0. The molecule has 1 aliphatic carbocycles. The summed E-state index contributed by atoms with van der Waals surface area (Å²) in [7, 11) is 0. The van der Waals surface area contributed by atoms with Gasteiger partial charge in [0, 0.05) is 12.6 Å². The van der Waals surface area contributed by atoms with Gasteiger partial charge in [-0.15, -0.1) is 0 Å². The van der Waals surface area contributed by atoms with Crippen molar-refractivity contribution in [1.82, 2.24) is 5.32 Å². The first-order valence-corrected chi connectivity index (χ1v) is 5.45. The average molecular weight is 181 g/mol. The molecular weight excluding hydrogens is 162 g/mol. The van der Waals surface area contributed by atoms with Gasteiger partial charge in [-0.2, -0.15) is 0 Å². The van der Waals surface area contributed by atoms with Crippen molar-refractivity contribution < 1.29 is 4.74 Å². The van der Waals surface area contributed by atoms with Gasteiger partial charge in [-0.3, -0.25) is 0 Å². The Morgan fingerprint density at radius 1 is 1.31 bits per heavy atom. The van der Waals surface area contributed by atoms with Crippen LogP contribution in [0.2, 0.25) is 0 Å². The zero-order valence-corrected chi connectivity index (χ0v) is 8.17. The number of nitrogens with one attached hydrogen (secondary N) is 1. The zero-order valence-electron chi connectivity index (χ0n) is 8.17. The lowest BCUT2D eigenvalue weighted by atomic mass is 10.1. The predicted molar refractivity (Wildman–Crippen MR) is 53.8 cm³/mol. The fraction of sp³-hybridized carbons (Fsp3) is 0.818. The van der Waals surface area contributed by atoms with E-state index in [4.69, 9.17) is 4.74 Å². The van der Waals surface area contributed by atoms with Crippen molar-refractivity contribution in [3.8, 4) is 0 Å². The number of hydrogen-bond donors (Lipinski definition) is 1. The van der Waals surface area contributed by atoms with Crippen LogP contribution in [0.3, 0.4) is 0 Å². The highest BCUT2D eigenvalue weighted by Gasteiger charge is 2.15. The van der Waals surface area contributed by atoms with E-state index in [1.54, 1.807) is 0 Å². The van der Waals surface area contributed by atoms with E-state index in [-0.39, 0.29) is 0 Å². The van der Waals surface area contributed by atoms with Crippen LogP contribution < -0.4 is 5.32 Å². The standard InChI is InChI=1S/C11H19NO/c1-2-5-10(4-1)12-8-7-11-6-3-9-13-11/h1-2,10-12H,3-9H2. The average Bonchev–Trinajstić information content (AvgIpc) is 2.75. The Morgan fingerprint density at radius 2 is 2.15 bits per heavy atom. The van der Waals surface area contributed by atoms with Crippen molar-refractivity contribution in [3.05, 3.63) is 12.2 Å². The van der Waals surface area contributed by atoms with E-state index >= 15 is 0 Å². The van der Waals surface area contributed by atoms with E-state index in [9.17, 15) is 0 Å². The molecule has 0 amide bonds. The molecule has 1 saturated heterocycles. The third-order valence-corrected chi connectivity index (χ3v) is 2.93. The monoisotopic (exact) mass is 181 g/mol. The minimum absolute atomic E-state index is 0.543. The van der Waals surface area contributed by atoms with Crippen LogP contribution in [0.15, 0.2) is 12.2 Å². The highest BCUT2D eigenvalue weighted by atomic mass is 16.5. The molecule has 0 radical (unpaired) electrons. The Kier molecular flexibility index (Phi) is 3.39. The highest BCUT2D eigenvalue weighted by molar-refractivity contribution is 4.97. The lowest BCUT2D eigenvalue weighted by Crippen LogP contribution is -2.29. The second-order valence-electron chi connectivity index (χ2n) is 4.02. The molecule has 0 aromatic heterocycles. The van der Waals surface area contributed by atoms with Crippen molar-refractivity contribution in [2.24, 2.45) is 0 Å². The SMILES string of the molecule is C1=CCC(NCCC2CCCO2)C1. The maximum absolute atomic E-state index is 5.56. The van der Waals surface area contributed by atoms with E-state index in [1.165, 1.54) is 32.1 Å². The van der Waals surface area contributed by atoms with Crippen molar-refractivity contribution in [2.75, 3.05) is 13.2 Å². The fourth-order valence-electron chi connectivity index (χ4n) is 2.10. The maximum atomic E-state index is 5.56. The Hall–Kier alpha value is -0.340. The third kappa shape index (κ3) is 2.82. The Morgan fingerprint density at radius 3 is 2.85 bits per heavy atom. The molecule has 1 N–H and O–H groups in total. The van der Waals surface area contributed by atoms with Gasteiger partial charge in [0.25, 0.3) is 0 Å². The molecule has 74 valence electrons. The number of hydrogen-bond acceptors (Lipinski definition) is 2. The van der Waals surface area contributed by atoms with Crippen LogP contribution in [0.25, 0.3) is 0 Å². The molecule has 0 bridgehead atoms. The molecule has 13 heavy (non-hydrogen) atoms. The van der Waals surface area contributed by atoms with Gasteiger partial charge in [0.15, 0.2) is 0 Å². The van der Waals surface area contributed by atoms with Gasteiger partial charge in [-0.1, -0.05) is 12.2 Å². The summed E-state index contributed by atoms with van der Waals surface area (Å²) in [6.45, 7) is 2.10.